The fourth-order valence-corrected chi connectivity index (χ4v) is 1.32. The second-order valence-corrected chi connectivity index (χ2v) is 4.17. The molecule has 0 spiro atoms. The highest BCUT2D eigenvalue weighted by atomic mass is 127. The van der Waals surface area contributed by atoms with Crippen molar-refractivity contribution in [2.24, 2.45) is 10.7 Å². The van der Waals surface area contributed by atoms with E-state index in [1.807, 2.05) is 12.1 Å². The summed E-state index contributed by atoms with van der Waals surface area (Å²) in [5.74, 6) is 0.614. The molecular formula is C8H7Cl2IN2. The van der Waals surface area contributed by atoms with E-state index in [2.05, 4.69) is 27.6 Å². The van der Waals surface area contributed by atoms with Crippen LogP contribution >= 0.6 is 45.8 Å². The molecular weight excluding hydrogens is 322 g/mol. The second-order valence-electron chi connectivity index (χ2n) is 2.34. The maximum Gasteiger partial charge on any atom is 0.115 e. The summed E-state index contributed by atoms with van der Waals surface area (Å²) >= 11 is 13.5. The summed E-state index contributed by atoms with van der Waals surface area (Å²) in [6.45, 7) is 0. The number of benzene rings is 1. The Morgan fingerprint density at radius 2 is 2.23 bits per heavy atom. The van der Waals surface area contributed by atoms with Crippen LogP contribution in [-0.4, -0.2) is 11.7 Å². The first-order chi connectivity index (χ1) is 6.13. The fourth-order valence-electron chi connectivity index (χ4n) is 0.750. The molecule has 2 nitrogen and oxygen atoms in total. The zero-order chi connectivity index (χ0) is 9.84. The highest BCUT2D eigenvalue weighted by Crippen LogP contribution is 2.23. The topological polar surface area (TPSA) is 38.4 Å². The maximum atomic E-state index is 5.89. The number of amidine groups is 1. The Morgan fingerprint density at radius 1 is 1.54 bits per heavy atom. The Kier molecular flexibility index (Phi) is 4.28. The Labute approximate surface area is 100 Å². The van der Waals surface area contributed by atoms with Gasteiger partial charge in [-0.05, 0) is 40.8 Å². The third-order valence-electron chi connectivity index (χ3n) is 1.31. The van der Waals surface area contributed by atoms with E-state index in [9.17, 15) is 0 Å². The van der Waals surface area contributed by atoms with Crippen LogP contribution in [0.25, 0.3) is 0 Å². The number of nitrogens with two attached hydrogens (primary N) is 1. The summed E-state index contributed by atoms with van der Waals surface area (Å²) in [5.41, 5.74) is 6.19. The van der Waals surface area contributed by atoms with Gasteiger partial charge in [-0.2, -0.15) is 0 Å². The molecule has 13 heavy (non-hydrogen) atoms. The number of hydrogen-bond donors (Lipinski definition) is 1. The van der Waals surface area contributed by atoms with Crippen LogP contribution in [0.3, 0.4) is 0 Å². The minimum Gasteiger partial charge on any atom is -0.386 e. The molecule has 0 fully saturated rings. The van der Waals surface area contributed by atoms with Crippen LogP contribution in [0.1, 0.15) is 0 Å². The van der Waals surface area contributed by atoms with Gasteiger partial charge in [0.2, 0.25) is 0 Å². The number of halogens is 3. The Hall–Kier alpha value is -0.0000000000000000555. The molecule has 0 aliphatic carbocycles. The minimum absolute atomic E-state index is 0.226. The summed E-state index contributed by atoms with van der Waals surface area (Å²) in [6, 6.07) is 5.47. The monoisotopic (exact) mass is 328 g/mol. The predicted molar refractivity (Wildman–Crippen MR) is 66.2 cm³/mol. The van der Waals surface area contributed by atoms with E-state index in [0.29, 0.717) is 10.9 Å². The summed E-state index contributed by atoms with van der Waals surface area (Å²) in [4.78, 5) is 4.05. The van der Waals surface area contributed by atoms with Crippen LogP contribution in [0.5, 0.6) is 0 Å². The largest absolute Gasteiger partial charge is 0.386 e. The van der Waals surface area contributed by atoms with Crippen molar-refractivity contribution in [3.63, 3.8) is 0 Å². The molecule has 2 N–H and O–H groups in total. The number of aliphatic imine (C=N–C) groups is 1. The number of rotatable bonds is 2. The highest BCUT2D eigenvalue weighted by Gasteiger charge is 1.98. The predicted octanol–water partition coefficient (Wildman–Crippen LogP) is 3.17. The average Bonchev–Trinajstić information content (AvgIpc) is 2.11. The first-order valence-corrected chi connectivity index (χ1v) is 5.46. The molecule has 0 saturated heterocycles. The molecule has 1 aromatic carbocycles. The summed E-state index contributed by atoms with van der Waals surface area (Å²) in [5, 5.41) is 0.671. The lowest BCUT2D eigenvalue weighted by atomic mass is 10.3. The number of hydrogen-bond acceptors (Lipinski definition) is 1. The molecule has 0 aliphatic rings. The van der Waals surface area contributed by atoms with Crippen LogP contribution in [0.15, 0.2) is 23.2 Å². The molecule has 0 aromatic heterocycles. The molecule has 5 heteroatoms. The van der Waals surface area contributed by atoms with Crippen molar-refractivity contribution in [2.75, 3.05) is 5.88 Å². The summed E-state index contributed by atoms with van der Waals surface area (Å²) in [7, 11) is 0. The van der Waals surface area contributed by atoms with Crippen LogP contribution in [-0.2, 0) is 0 Å². The van der Waals surface area contributed by atoms with Gasteiger partial charge in [-0.3, -0.25) is 0 Å². The average molecular weight is 329 g/mol. The SMILES string of the molecule is NC(CCl)=Nc1ccc(I)c(Cl)c1. The van der Waals surface area contributed by atoms with Gasteiger partial charge in [-0.25, -0.2) is 4.99 Å². The zero-order valence-corrected chi connectivity index (χ0v) is 10.3. The Morgan fingerprint density at radius 3 is 2.77 bits per heavy atom. The van der Waals surface area contributed by atoms with Gasteiger partial charge < -0.3 is 5.73 Å². The second kappa shape index (κ2) is 5.02. The van der Waals surface area contributed by atoms with Gasteiger partial charge in [0, 0.05) is 3.57 Å². The quantitative estimate of drug-likeness (QED) is 0.385. The fraction of sp³-hybridized carbons (Fsp3) is 0.125. The van der Waals surface area contributed by atoms with E-state index in [-0.39, 0.29) is 5.88 Å². The van der Waals surface area contributed by atoms with Gasteiger partial charge in [0.25, 0.3) is 0 Å². The van der Waals surface area contributed by atoms with Gasteiger partial charge in [-0.15, -0.1) is 11.6 Å². The molecule has 0 heterocycles. The molecule has 0 saturated carbocycles. The van der Waals surface area contributed by atoms with Crippen LogP contribution in [0, 0.1) is 3.57 Å². The third kappa shape index (κ3) is 3.32. The number of alkyl halides is 1. The molecule has 0 amide bonds. The minimum atomic E-state index is 0.226. The molecule has 0 atom stereocenters. The van der Waals surface area contributed by atoms with Gasteiger partial charge in [0.05, 0.1) is 16.6 Å². The van der Waals surface area contributed by atoms with Gasteiger partial charge in [0.15, 0.2) is 0 Å². The molecule has 0 unspecified atom stereocenters. The van der Waals surface area contributed by atoms with Crippen molar-refractivity contribution in [1.82, 2.24) is 0 Å². The van der Waals surface area contributed by atoms with Gasteiger partial charge >= 0.3 is 0 Å². The normalized spacial score (nSPS) is 11.8. The van der Waals surface area contributed by atoms with E-state index in [4.69, 9.17) is 28.9 Å². The molecule has 1 rings (SSSR count). The first-order valence-electron chi connectivity index (χ1n) is 3.47. The van der Waals surface area contributed by atoms with E-state index in [1.54, 1.807) is 6.07 Å². The van der Waals surface area contributed by atoms with E-state index in [1.165, 1.54) is 0 Å². The maximum absolute atomic E-state index is 5.89. The van der Waals surface area contributed by atoms with Crippen molar-refractivity contribution >= 4 is 57.3 Å². The van der Waals surface area contributed by atoms with Crippen molar-refractivity contribution in [3.8, 4) is 0 Å². The van der Waals surface area contributed by atoms with Crippen molar-refractivity contribution in [1.29, 1.82) is 0 Å². The van der Waals surface area contributed by atoms with Crippen LogP contribution < -0.4 is 5.73 Å². The van der Waals surface area contributed by atoms with Gasteiger partial charge in [0.1, 0.15) is 5.84 Å². The third-order valence-corrected chi connectivity index (χ3v) is 3.16. The molecule has 0 bridgehead atoms. The van der Waals surface area contributed by atoms with Crippen LogP contribution in [0.4, 0.5) is 5.69 Å². The summed E-state index contributed by atoms with van der Waals surface area (Å²) < 4.78 is 0.989. The zero-order valence-electron chi connectivity index (χ0n) is 6.60. The molecule has 0 radical (unpaired) electrons. The van der Waals surface area contributed by atoms with Gasteiger partial charge in [-0.1, -0.05) is 11.6 Å². The smallest absolute Gasteiger partial charge is 0.115 e. The lowest BCUT2D eigenvalue weighted by molar-refractivity contribution is 1.44. The number of nitrogens with zero attached hydrogens (tertiary/aromatic N) is 1. The van der Waals surface area contributed by atoms with Crippen molar-refractivity contribution < 1.29 is 0 Å². The van der Waals surface area contributed by atoms with E-state index < -0.39 is 0 Å². The lowest BCUT2D eigenvalue weighted by Gasteiger charge is -1.98. The first kappa shape index (κ1) is 11.1. The van der Waals surface area contributed by atoms with E-state index in [0.717, 1.165) is 9.26 Å². The Bertz CT molecular complexity index is 339. The van der Waals surface area contributed by atoms with E-state index >= 15 is 0 Å². The molecule has 1 aromatic rings. The molecule has 0 aliphatic heterocycles. The van der Waals surface area contributed by atoms with Crippen LogP contribution in [0.2, 0.25) is 5.02 Å². The standard InChI is InChI=1S/C8H7Cl2IN2/c9-4-8(12)13-5-1-2-7(11)6(10)3-5/h1-3H,4H2,(H2,12,13). The highest BCUT2D eigenvalue weighted by molar-refractivity contribution is 14.1. The Balaban J connectivity index is 2.98. The lowest BCUT2D eigenvalue weighted by Crippen LogP contribution is -2.12. The van der Waals surface area contributed by atoms with Crippen molar-refractivity contribution in [2.45, 2.75) is 0 Å². The molecule has 70 valence electrons. The summed E-state index contributed by atoms with van der Waals surface area (Å²) in [6.07, 6.45) is 0. The van der Waals surface area contributed by atoms with Crippen molar-refractivity contribution in [3.05, 3.63) is 26.8 Å².